The predicted octanol–water partition coefficient (Wildman–Crippen LogP) is 2.86. The molecule has 1 aliphatic heterocycles. The van der Waals surface area contributed by atoms with Gasteiger partial charge in [-0.3, -0.25) is 4.79 Å². The van der Waals surface area contributed by atoms with Gasteiger partial charge in [0, 0.05) is 19.6 Å². The Kier molecular flexibility index (Phi) is 7.44. The van der Waals surface area contributed by atoms with E-state index < -0.39 is 15.7 Å². The smallest absolute Gasteiger partial charge is 0.271 e. The Labute approximate surface area is 176 Å². The molecule has 29 heavy (non-hydrogen) atoms. The first kappa shape index (κ1) is 21.5. The Morgan fingerprint density at radius 3 is 2.59 bits per heavy atom. The highest BCUT2D eigenvalue weighted by Crippen LogP contribution is 2.19. The quantitative estimate of drug-likeness (QED) is 0.639. The van der Waals surface area contributed by atoms with E-state index in [2.05, 4.69) is 15.3 Å². The van der Waals surface area contributed by atoms with Crippen molar-refractivity contribution >= 4 is 33.3 Å². The summed E-state index contributed by atoms with van der Waals surface area (Å²) >= 11 is 6.11. The summed E-state index contributed by atoms with van der Waals surface area (Å²) in [7, 11) is -3.24. The van der Waals surface area contributed by atoms with E-state index in [1.165, 1.54) is 12.6 Å². The number of nitrogens with zero attached hydrogens (tertiary/aromatic N) is 3. The first-order valence-electron chi connectivity index (χ1n) is 9.75. The molecule has 1 amide bonds. The summed E-state index contributed by atoms with van der Waals surface area (Å²) in [6, 6.07) is 9.05. The zero-order valence-corrected chi connectivity index (χ0v) is 17.8. The second kappa shape index (κ2) is 10.0. The maximum Gasteiger partial charge on any atom is 0.271 e. The predicted molar refractivity (Wildman–Crippen MR) is 114 cm³/mol. The minimum atomic E-state index is -3.24. The largest absolute Gasteiger partial charge is 0.351 e. The van der Waals surface area contributed by atoms with Crippen LogP contribution in [-0.4, -0.2) is 49.7 Å². The van der Waals surface area contributed by atoms with Crippen molar-refractivity contribution in [1.82, 2.24) is 15.3 Å². The van der Waals surface area contributed by atoms with Gasteiger partial charge in [0.2, 0.25) is 5.95 Å². The normalized spacial score (nSPS) is 14.6. The van der Waals surface area contributed by atoms with Gasteiger partial charge in [0.05, 0.1) is 22.7 Å². The molecule has 2 aromatic rings. The van der Waals surface area contributed by atoms with Gasteiger partial charge in [0.15, 0.2) is 15.5 Å². The van der Waals surface area contributed by atoms with E-state index in [9.17, 15) is 13.2 Å². The molecule has 0 spiro atoms. The molecule has 1 fully saturated rings. The van der Waals surface area contributed by atoms with Crippen molar-refractivity contribution in [2.75, 3.05) is 30.3 Å². The molecule has 1 aliphatic rings. The van der Waals surface area contributed by atoms with Crippen molar-refractivity contribution in [3.8, 4) is 0 Å². The number of piperidine rings is 1. The van der Waals surface area contributed by atoms with Crippen molar-refractivity contribution in [3.63, 3.8) is 0 Å². The summed E-state index contributed by atoms with van der Waals surface area (Å²) in [5.74, 6) is 0.0815. The van der Waals surface area contributed by atoms with Gasteiger partial charge in [-0.25, -0.2) is 18.4 Å². The molecule has 0 saturated carbocycles. The number of carbonyl (C=O) groups is 1. The molecule has 9 heteroatoms. The van der Waals surface area contributed by atoms with Crippen molar-refractivity contribution < 1.29 is 13.2 Å². The van der Waals surface area contributed by atoms with Crippen molar-refractivity contribution in [3.05, 3.63) is 52.8 Å². The van der Waals surface area contributed by atoms with Gasteiger partial charge in [-0.1, -0.05) is 41.9 Å². The number of halogens is 1. The summed E-state index contributed by atoms with van der Waals surface area (Å²) in [6.45, 7) is 1.95. The van der Waals surface area contributed by atoms with E-state index in [0.29, 0.717) is 12.4 Å². The number of rotatable bonds is 8. The van der Waals surface area contributed by atoms with Crippen LogP contribution in [-0.2, 0) is 15.6 Å². The minimum absolute atomic E-state index is 0.00127. The van der Waals surface area contributed by atoms with Gasteiger partial charge in [-0.05, 0) is 31.2 Å². The SMILES string of the molecule is O=C(NCCCS(=O)(=O)Cc1ccccc1)c1nc(N2CCCCC2)ncc1Cl. The first-order valence-corrected chi connectivity index (χ1v) is 11.9. The number of carbonyl (C=O) groups excluding carboxylic acids is 1. The summed E-state index contributed by atoms with van der Waals surface area (Å²) in [4.78, 5) is 23.1. The first-order chi connectivity index (χ1) is 13.9. The van der Waals surface area contributed by atoms with Crippen molar-refractivity contribution in [2.24, 2.45) is 0 Å². The molecule has 0 bridgehead atoms. The number of amides is 1. The fourth-order valence-electron chi connectivity index (χ4n) is 3.24. The lowest BCUT2D eigenvalue weighted by atomic mass is 10.1. The van der Waals surface area contributed by atoms with Crippen LogP contribution in [0.25, 0.3) is 0 Å². The number of nitrogens with one attached hydrogen (secondary N) is 1. The molecule has 0 aliphatic carbocycles. The molecular formula is C20H25ClN4O3S. The Balaban J connectivity index is 1.51. The maximum atomic E-state index is 12.5. The highest BCUT2D eigenvalue weighted by molar-refractivity contribution is 7.90. The Morgan fingerprint density at radius 1 is 1.14 bits per heavy atom. The fourth-order valence-corrected chi connectivity index (χ4v) is 4.85. The number of hydrogen-bond donors (Lipinski definition) is 1. The molecule has 0 atom stereocenters. The van der Waals surface area contributed by atoms with Crippen molar-refractivity contribution in [2.45, 2.75) is 31.4 Å². The van der Waals surface area contributed by atoms with Crippen LogP contribution in [0.3, 0.4) is 0 Å². The van der Waals surface area contributed by atoms with Gasteiger partial charge in [-0.2, -0.15) is 0 Å². The standard InChI is InChI=1S/C20H25ClN4O3S/c21-17-14-23-20(25-11-5-2-6-12-25)24-18(17)19(26)22-10-7-13-29(27,28)15-16-8-3-1-4-9-16/h1,3-4,8-9,14H,2,5-7,10-13,15H2,(H,22,26). The van der Waals surface area contributed by atoms with Crippen LogP contribution in [0.1, 0.15) is 41.7 Å². The third-order valence-electron chi connectivity index (χ3n) is 4.73. The minimum Gasteiger partial charge on any atom is -0.351 e. The fraction of sp³-hybridized carbons (Fsp3) is 0.450. The molecule has 3 rings (SSSR count). The van der Waals surface area contributed by atoms with Crippen LogP contribution >= 0.6 is 11.6 Å². The summed E-state index contributed by atoms with van der Waals surface area (Å²) in [6.07, 6.45) is 5.10. The topological polar surface area (TPSA) is 92.3 Å². The molecule has 0 radical (unpaired) electrons. The molecule has 1 saturated heterocycles. The zero-order valence-electron chi connectivity index (χ0n) is 16.2. The highest BCUT2D eigenvalue weighted by Gasteiger charge is 2.19. The molecular weight excluding hydrogens is 412 g/mol. The second-order valence-electron chi connectivity index (χ2n) is 7.10. The van der Waals surface area contributed by atoms with Crippen LogP contribution in [0.2, 0.25) is 5.02 Å². The van der Waals surface area contributed by atoms with E-state index in [4.69, 9.17) is 11.6 Å². The molecule has 1 aromatic heterocycles. The maximum absolute atomic E-state index is 12.5. The Morgan fingerprint density at radius 2 is 1.86 bits per heavy atom. The van der Waals surface area contributed by atoms with Gasteiger partial charge < -0.3 is 10.2 Å². The lowest BCUT2D eigenvalue weighted by Crippen LogP contribution is -2.32. The molecule has 1 aromatic carbocycles. The third kappa shape index (κ3) is 6.40. The van der Waals surface area contributed by atoms with Gasteiger partial charge in [0.1, 0.15) is 0 Å². The third-order valence-corrected chi connectivity index (χ3v) is 6.69. The van der Waals surface area contributed by atoms with E-state index in [-0.39, 0.29) is 28.8 Å². The van der Waals surface area contributed by atoms with E-state index in [1.54, 1.807) is 12.1 Å². The molecule has 156 valence electrons. The van der Waals surface area contributed by atoms with Gasteiger partial charge in [0.25, 0.3) is 5.91 Å². The summed E-state index contributed by atoms with van der Waals surface area (Å²) in [5.41, 5.74) is 0.879. The second-order valence-corrected chi connectivity index (χ2v) is 9.69. The van der Waals surface area contributed by atoms with Crippen LogP contribution in [0.5, 0.6) is 0 Å². The average Bonchev–Trinajstić information content (AvgIpc) is 2.72. The summed E-state index contributed by atoms with van der Waals surface area (Å²) in [5, 5.41) is 2.89. The molecule has 2 heterocycles. The molecule has 0 unspecified atom stereocenters. The number of aromatic nitrogens is 2. The number of benzene rings is 1. The van der Waals surface area contributed by atoms with Gasteiger partial charge in [-0.15, -0.1) is 0 Å². The zero-order chi connectivity index (χ0) is 20.7. The highest BCUT2D eigenvalue weighted by atomic mass is 35.5. The Hall–Kier alpha value is -2.19. The number of sulfone groups is 1. The molecule has 1 N–H and O–H groups in total. The Bertz CT molecular complexity index is 932. The number of hydrogen-bond acceptors (Lipinski definition) is 6. The van der Waals surface area contributed by atoms with Crippen molar-refractivity contribution in [1.29, 1.82) is 0 Å². The number of anilines is 1. The van der Waals surface area contributed by atoms with Crippen LogP contribution in [0, 0.1) is 0 Å². The lowest BCUT2D eigenvalue weighted by Gasteiger charge is -2.26. The monoisotopic (exact) mass is 436 g/mol. The van der Waals surface area contributed by atoms with Crippen LogP contribution < -0.4 is 10.2 Å². The van der Waals surface area contributed by atoms with Crippen LogP contribution in [0.15, 0.2) is 36.5 Å². The van der Waals surface area contributed by atoms with E-state index >= 15 is 0 Å². The molecule has 7 nitrogen and oxygen atoms in total. The van der Waals surface area contributed by atoms with E-state index in [0.717, 1.165) is 31.5 Å². The summed E-state index contributed by atoms with van der Waals surface area (Å²) < 4.78 is 24.5. The average molecular weight is 437 g/mol. The van der Waals surface area contributed by atoms with Crippen LogP contribution in [0.4, 0.5) is 5.95 Å². The lowest BCUT2D eigenvalue weighted by molar-refractivity contribution is 0.0948. The van der Waals surface area contributed by atoms with Gasteiger partial charge >= 0.3 is 0 Å². The van der Waals surface area contributed by atoms with E-state index in [1.807, 2.05) is 23.1 Å².